The third kappa shape index (κ3) is 2.32. The van der Waals surface area contributed by atoms with Gasteiger partial charge in [0, 0.05) is 24.7 Å². The number of nitro benzene ring substituents is 1. The van der Waals surface area contributed by atoms with Gasteiger partial charge in [-0.25, -0.2) is 8.80 Å². The van der Waals surface area contributed by atoms with E-state index in [-0.39, 0.29) is 11.4 Å². The van der Waals surface area contributed by atoms with Crippen molar-refractivity contribution in [3.05, 3.63) is 46.5 Å². The Bertz CT molecular complexity index is 482. The molecule has 0 spiro atoms. The predicted molar refractivity (Wildman–Crippen MR) is 63.2 cm³/mol. The number of non-ortho nitro benzene ring substituents is 1. The zero-order valence-electron chi connectivity index (χ0n) is 8.83. The molecule has 0 bridgehead atoms. The number of anilines is 1. The number of nitrogens with one attached hydrogen (secondary N) is 1. The van der Waals surface area contributed by atoms with Crippen molar-refractivity contribution in [1.29, 1.82) is 0 Å². The van der Waals surface area contributed by atoms with Crippen molar-refractivity contribution in [2.75, 3.05) is 11.3 Å². The van der Waals surface area contributed by atoms with Gasteiger partial charge in [-0.15, -0.1) is 5.53 Å². The number of hydrazine groups is 2. The van der Waals surface area contributed by atoms with Crippen LogP contribution in [0.1, 0.15) is 0 Å². The van der Waals surface area contributed by atoms with Gasteiger partial charge in [-0.3, -0.25) is 15.1 Å². The van der Waals surface area contributed by atoms with E-state index in [2.05, 4.69) is 5.53 Å². The van der Waals surface area contributed by atoms with Gasteiger partial charge in [0.1, 0.15) is 0 Å². The maximum absolute atomic E-state index is 13.6. The minimum atomic E-state index is -0.653. The van der Waals surface area contributed by atoms with E-state index in [1.165, 1.54) is 29.1 Å². The summed E-state index contributed by atoms with van der Waals surface area (Å²) in [4.78, 5) is 9.84. The molecule has 0 fully saturated rings. The molecule has 6 nitrogen and oxygen atoms in total. The molecule has 90 valence electrons. The third-order valence-electron chi connectivity index (χ3n) is 2.16. The molecule has 0 aliphatic carbocycles. The van der Waals surface area contributed by atoms with E-state index in [9.17, 15) is 14.5 Å². The van der Waals surface area contributed by atoms with E-state index in [4.69, 9.17) is 0 Å². The highest BCUT2D eigenvalue weighted by atomic mass is 32.2. The highest BCUT2D eigenvalue weighted by Gasteiger charge is 2.18. The molecule has 1 N–H and O–H groups in total. The lowest BCUT2D eigenvalue weighted by atomic mass is 10.2. The van der Waals surface area contributed by atoms with E-state index in [0.29, 0.717) is 0 Å². The molecule has 1 aliphatic heterocycles. The number of nitro groups is 1. The third-order valence-corrected chi connectivity index (χ3v) is 2.75. The fourth-order valence-corrected chi connectivity index (χ4v) is 1.69. The first-order valence-electron chi connectivity index (χ1n) is 4.63. The van der Waals surface area contributed by atoms with E-state index in [0.717, 1.165) is 6.07 Å². The Morgan fingerprint density at radius 1 is 1.47 bits per heavy atom. The number of halogens is 1. The number of nitrogens with zero attached hydrogens (tertiary/aromatic N) is 3. The SMILES string of the molecule is CSN1C=CN(c2ccc([N+](=O)[O-])cc2F)N1. The van der Waals surface area contributed by atoms with Crippen LogP contribution in [-0.2, 0) is 0 Å². The van der Waals surface area contributed by atoms with Crippen LogP contribution in [0.4, 0.5) is 15.8 Å². The van der Waals surface area contributed by atoms with Crippen LogP contribution >= 0.6 is 11.9 Å². The minimum Gasteiger partial charge on any atom is -0.261 e. The molecule has 0 aromatic heterocycles. The Morgan fingerprint density at radius 3 is 2.76 bits per heavy atom. The lowest BCUT2D eigenvalue weighted by molar-refractivity contribution is -0.385. The Balaban J connectivity index is 2.23. The van der Waals surface area contributed by atoms with Gasteiger partial charge in [-0.1, -0.05) is 0 Å². The summed E-state index contributed by atoms with van der Waals surface area (Å²) in [5, 5.41) is 11.9. The topological polar surface area (TPSA) is 61.7 Å². The van der Waals surface area contributed by atoms with E-state index < -0.39 is 10.7 Å². The van der Waals surface area contributed by atoms with Crippen LogP contribution in [0.5, 0.6) is 0 Å². The zero-order valence-corrected chi connectivity index (χ0v) is 9.65. The summed E-state index contributed by atoms with van der Waals surface area (Å²) >= 11 is 1.41. The molecule has 0 amide bonds. The van der Waals surface area contributed by atoms with Crippen molar-refractivity contribution in [1.82, 2.24) is 9.95 Å². The molecular weight excluding hydrogens is 247 g/mol. The van der Waals surface area contributed by atoms with Gasteiger partial charge in [0.05, 0.1) is 16.7 Å². The normalized spacial score (nSPS) is 14.5. The summed E-state index contributed by atoms with van der Waals surface area (Å²) in [6.45, 7) is 0. The Kier molecular flexibility index (Phi) is 3.16. The fraction of sp³-hybridized carbons (Fsp3) is 0.111. The minimum absolute atomic E-state index is 0.225. The van der Waals surface area contributed by atoms with Gasteiger partial charge in [-0.2, -0.15) is 0 Å². The standard InChI is InChI=1S/C9H9FN4O2S/c1-17-13-5-4-12(11-13)9-3-2-7(14(15)16)6-8(9)10/h2-6,11H,1H3. The van der Waals surface area contributed by atoms with Gasteiger partial charge in [0.15, 0.2) is 5.82 Å². The summed E-state index contributed by atoms with van der Waals surface area (Å²) in [7, 11) is 0. The van der Waals surface area contributed by atoms with Crippen molar-refractivity contribution in [3.8, 4) is 0 Å². The highest BCUT2D eigenvalue weighted by Crippen LogP contribution is 2.25. The largest absolute Gasteiger partial charge is 0.272 e. The van der Waals surface area contributed by atoms with Crippen molar-refractivity contribution in [3.63, 3.8) is 0 Å². The summed E-state index contributed by atoms with van der Waals surface area (Å²) in [6, 6.07) is 3.51. The Morgan fingerprint density at radius 2 is 2.24 bits per heavy atom. The van der Waals surface area contributed by atoms with Crippen molar-refractivity contribution < 1.29 is 9.31 Å². The molecule has 2 rings (SSSR count). The summed E-state index contributed by atoms with van der Waals surface area (Å²) in [6.07, 6.45) is 5.19. The second kappa shape index (κ2) is 4.60. The van der Waals surface area contributed by atoms with E-state index in [1.54, 1.807) is 16.8 Å². The molecule has 1 aromatic rings. The van der Waals surface area contributed by atoms with Crippen LogP contribution in [0, 0.1) is 15.9 Å². The lowest BCUT2D eigenvalue weighted by Crippen LogP contribution is -2.35. The molecule has 1 aliphatic rings. The Labute approximate surface area is 101 Å². The molecule has 8 heteroatoms. The molecule has 0 radical (unpaired) electrons. The van der Waals surface area contributed by atoms with Gasteiger partial charge >= 0.3 is 0 Å². The first-order valence-corrected chi connectivity index (χ1v) is 5.81. The van der Waals surface area contributed by atoms with Gasteiger partial charge in [-0.05, 0) is 18.0 Å². The number of rotatable bonds is 3. The smallest absolute Gasteiger partial charge is 0.261 e. The molecule has 0 saturated heterocycles. The molecule has 0 saturated carbocycles. The van der Waals surface area contributed by atoms with Crippen LogP contribution < -0.4 is 10.5 Å². The quantitative estimate of drug-likeness (QED) is 0.507. The maximum Gasteiger partial charge on any atom is 0.272 e. The maximum atomic E-state index is 13.6. The molecule has 0 atom stereocenters. The zero-order chi connectivity index (χ0) is 12.4. The monoisotopic (exact) mass is 256 g/mol. The molecular formula is C9H9FN4O2S. The average Bonchev–Trinajstić information content (AvgIpc) is 2.77. The van der Waals surface area contributed by atoms with Crippen LogP contribution in [0.15, 0.2) is 30.6 Å². The van der Waals surface area contributed by atoms with Gasteiger partial charge in [0.2, 0.25) is 0 Å². The molecule has 1 aromatic carbocycles. The highest BCUT2D eigenvalue weighted by molar-refractivity contribution is 7.96. The van der Waals surface area contributed by atoms with Crippen LogP contribution in [0.25, 0.3) is 0 Å². The number of hydrogen-bond donors (Lipinski definition) is 1. The van der Waals surface area contributed by atoms with Gasteiger partial charge in [0.25, 0.3) is 5.69 Å². The van der Waals surface area contributed by atoms with Gasteiger partial charge < -0.3 is 0 Å². The first kappa shape index (κ1) is 11.7. The first-order chi connectivity index (χ1) is 8.11. The lowest BCUT2D eigenvalue weighted by Gasteiger charge is -2.20. The fourth-order valence-electron chi connectivity index (χ4n) is 1.34. The van der Waals surface area contributed by atoms with Crippen LogP contribution in [0.3, 0.4) is 0 Å². The Hall–Kier alpha value is -1.80. The average molecular weight is 256 g/mol. The van der Waals surface area contributed by atoms with E-state index >= 15 is 0 Å². The number of benzene rings is 1. The van der Waals surface area contributed by atoms with Crippen molar-refractivity contribution in [2.24, 2.45) is 0 Å². The summed E-state index contributed by atoms with van der Waals surface area (Å²) < 4.78 is 15.3. The van der Waals surface area contributed by atoms with Crippen LogP contribution in [0.2, 0.25) is 0 Å². The number of hydrogen-bond acceptors (Lipinski definition) is 6. The molecule has 0 unspecified atom stereocenters. The molecule has 1 heterocycles. The van der Waals surface area contributed by atoms with E-state index in [1.807, 2.05) is 6.26 Å². The second-order valence-electron chi connectivity index (χ2n) is 3.17. The summed E-state index contributed by atoms with van der Waals surface area (Å²) in [5.74, 6) is -0.653. The molecule has 17 heavy (non-hydrogen) atoms. The van der Waals surface area contributed by atoms with Crippen molar-refractivity contribution >= 4 is 23.3 Å². The van der Waals surface area contributed by atoms with Crippen molar-refractivity contribution in [2.45, 2.75) is 0 Å². The predicted octanol–water partition coefficient (Wildman–Crippen LogP) is 2.02. The second-order valence-corrected chi connectivity index (χ2v) is 3.93. The summed E-state index contributed by atoms with van der Waals surface area (Å²) in [5.41, 5.74) is 2.81. The van der Waals surface area contributed by atoms with Crippen LogP contribution in [-0.4, -0.2) is 15.6 Å².